The quantitative estimate of drug-likeness (QED) is 0.418. The van der Waals surface area contributed by atoms with E-state index in [2.05, 4.69) is 4.98 Å². The number of hydrogen-bond acceptors (Lipinski definition) is 4. The molecule has 0 atom stereocenters. The number of Topliss-reactive ketones (excluding diaryl/α,β-unsaturated/α-hetero) is 1. The summed E-state index contributed by atoms with van der Waals surface area (Å²) < 4.78 is 45.3. The number of rotatable bonds is 6. The molecular weight excluding hydrogens is 481 g/mol. The first-order valence-corrected chi connectivity index (χ1v) is 12.5. The number of fused-ring (bicyclic) bond motifs is 1. The minimum atomic E-state index is -4.69. The van der Waals surface area contributed by atoms with Crippen molar-refractivity contribution in [3.05, 3.63) is 64.5 Å². The number of halogens is 3. The minimum absolute atomic E-state index is 0.0360. The SMILES string of the molecule is Cn1cc(C2CCN(C(=O)CC3CC3)CC2)c2c(C(F)(F)F)c(CC(=O)c3cccc(C#N)c3)cnc21. The molecule has 1 aliphatic carbocycles. The van der Waals surface area contributed by atoms with E-state index in [1.807, 2.05) is 11.0 Å². The lowest BCUT2D eigenvalue weighted by Crippen LogP contribution is -2.38. The molecule has 192 valence electrons. The summed E-state index contributed by atoms with van der Waals surface area (Å²) in [5, 5.41) is 9.14. The summed E-state index contributed by atoms with van der Waals surface area (Å²) in [7, 11) is 1.67. The van der Waals surface area contributed by atoms with Gasteiger partial charge in [0, 0.05) is 56.3 Å². The van der Waals surface area contributed by atoms with Gasteiger partial charge in [-0.15, -0.1) is 0 Å². The fourth-order valence-corrected chi connectivity index (χ4v) is 5.36. The van der Waals surface area contributed by atoms with Crippen molar-refractivity contribution in [1.29, 1.82) is 5.26 Å². The van der Waals surface area contributed by atoms with E-state index in [0.29, 0.717) is 43.8 Å². The van der Waals surface area contributed by atoms with E-state index in [1.165, 1.54) is 24.3 Å². The van der Waals surface area contributed by atoms with Crippen molar-refractivity contribution in [2.75, 3.05) is 13.1 Å². The largest absolute Gasteiger partial charge is 0.417 e. The zero-order valence-electron chi connectivity index (χ0n) is 20.5. The monoisotopic (exact) mass is 508 g/mol. The Labute approximate surface area is 212 Å². The highest BCUT2D eigenvalue weighted by molar-refractivity contribution is 5.99. The molecule has 2 aromatic heterocycles. The molecule has 37 heavy (non-hydrogen) atoms. The number of ketones is 1. The van der Waals surface area contributed by atoms with E-state index in [0.717, 1.165) is 19.0 Å². The first kappa shape index (κ1) is 25.0. The standard InChI is InChI=1S/C28H27F3N4O2/c1-34-16-22(19-7-9-35(10-8-19)24(37)12-17-5-6-17)25-26(28(29,30)31)21(15-33-27(25)34)13-23(36)20-4-2-3-18(11-20)14-32/h2-4,11,15-17,19H,5-10,12-13H2,1H3. The van der Waals surface area contributed by atoms with Crippen LogP contribution in [0.15, 0.2) is 36.7 Å². The summed E-state index contributed by atoms with van der Waals surface area (Å²) in [6.07, 6.45) is 1.60. The van der Waals surface area contributed by atoms with Gasteiger partial charge < -0.3 is 9.47 Å². The summed E-state index contributed by atoms with van der Waals surface area (Å²) in [5.41, 5.74) is 0.221. The molecule has 1 saturated carbocycles. The number of carbonyl (C=O) groups is 2. The lowest BCUT2D eigenvalue weighted by molar-refractivity contribution is -0.137. The summed E-state index contributed by atoms with van der Waals surface area (Å²) in [6, 6.07) is 7.89. The smallest absolute Gasteiger partial charge is 0.343 e. The van der Waals surface area contributed by atoms with Crippen molar-refractivity contribution < 1.29 is 22.8 Å². The highest BCUT2D eigenvalue weighted by Crippen LogP contribution is 2.43. The molecule has 0 unspecified atom stereocenters. The Bertz CT molecular complexity index is 1410. The van der Waals surface area contributed by atoms with Gasteiger partial charge in [-0.3, -0.25) is 9.59 Å². The van der Waals surface area contributed by atoms with Crippen molar-refractivity contribution in [2.45, 2.75) is 50.6 Å². The second-order valence-corrected chi connectivity index (χ2v) is 10.1. The van der Waals surface area contributed by atoms with Crippen molar-refractivity contribution in [2.24, 2.45) is 13.0 Å². The molecule has 6 nitrogen and oxygen atoms in total. The van der Waals surface area contributed by atoms with Gasteiger partial charge in [0.05, 0.1) is 17.2 Å². The lowest BCUT2D eigenvalue weighted by Gasteiger charge is -2.32. The maximum atomic E-state index is 14.6. The molecule has 1 amide bonds. The molecule has 1 aromatic carbocycles. The zero-order valence-corrected chi connectivity index (χ0v) is 20.5. The number of alkyl halides is 3. The fourth-order valence-electron chi connectivity index (χ4n) is 5.36. The number of benzene rings is 1. The Hall–Kier alpha value is -3.67. The molecule has 0 N–H and O–H groups in total. The van der Waals surface area contributed by atoms with E-state index < -0.39 is 23.9 Å². The topological polar surface area (TPSA) is 79.0 Å². The van der Waals surface area contributed by atoms with Crippen molar-refractivity contribution in [3.63, 3.8) is 0 Å². The Kier molecular flexibility index (Phi) is 6.52. The van der Waals surface area contributed by atoms with E-state index in [1.54, 1.807) is 17.8 Å². The van der Waals surface area contributed by atoms with Gasteiger partial charge in [-0.2, -0.15) is 18.4 Å². The number of aromatic nitrogens is 2. The molecule has 1 saturated heterocycles. The van der Waals surface area contributed by atoms with E-state index in [9.17, 15) is 22.8 Å². The zero-order chi connectivity index (χ0) is 26.3. The van der Waals surface area contributed by atoms with E-state index >= 15 is 0 Å². The third-order valence-corrected chi connectivity index (χ3v) is 7.49. The number of pyridine rings is 1. The van der Waals surface area contributed by atoms with Gasteiger partial charge in [0.25, 0.3) is 0 Å². The number of piperidine rings is 1. The minimum Gasteiger partial charge on any atom is -0.343 e. The normalized spacial score (nSPS) is 16.7. The molecule has 1 aliphatic heterocycles. The molecule has 0 radical (unpaired) electrons. The van der Waals surface area contributed by atoms with Gasteiger partial charge in [-0.1, -0.05) is 12.1 Å². The number of carbonyl (C=O) groups excluding carboxylic acids is 2. The summed E-state index contributed by atoms with van der Waals surface area (Å²) in [5.74, 6) is -0.0245. The molecule has 0 spiro atoms. The summed E-state index contributed by atoms with van der Waals surface area (Å²) in [6.45, 7) is 1.05. The Morgan fingerprint density at radius 1 is 1.16 bits per heavy atom. The fraction of sp³-hybridized carbons (Fsp3) is 0.429. The predicted molar refractivity (Wildman–Crippen MR) is 131 cm³/mol. The second-order valence-electron chi connectivity index (χ2n) is 10.1. The van der Waals surface area contributed by atoms with Crippen LogP contribution in [0, 0.1) is 17.2 Å². The molecule has 0 bridgehead atoms. The van der Waals surface area contributed by atoms with Crippen LogP contribution in [0.25, 0.3) is 11.0 Å². The Morgan fingerprint density at radius 3 is 2.54 bits per heavy atom. The lowest BCUT2D eigenvalue weighted by atomic mass is 9.87. The van der Waals surface area contributed by atoms with Crippen molar-refractivity contribution in [3.8, 4) is 6.07 Å². The third-order valence-electron chi connectivity index (χ3n) is 7.49. The Balaban J connectivity index is 1.48. The second kappa shape index (κ2) is 9.66. The van der Waals surface area contributed by atoms with Crippen molar-refractivity contribution in [1.82, 2.24) is 14.5 Å². The number of hydrogen-bond donors (Lipinski definition) is 0. The number of aryl methyl sites for hydroxylation is 1. The van der Waals surface area contributed by atoms with Crippen LogP contribution in [0.1, 0.15) is 70.6 Å². The van der Waals surface area contributed by atoms with Gasteiger partial charge in [-0.05, 0) is 60.8 Å². The van der Waals surface area contributed by atoms with Gasteiger partial charge in [0.15, 0.2) is 5.78 Å². The number of likely N-dealkylation sites (tertiary alicyclic amines) is 1. The van der Waals surface area contributed by atoms with Crippen molar-refractivity contribution >= 4 is 22.7 Å². The maximum Gasteiger partial charge on any atom is 0.417 e. The molecular formula is C28H27F3N4O2. The van der Waals surface area contributed by atoms with Crippen LogP contribution < -0.4 is 0 Å². The van der Waals surface area contributed by atoms with Gasteiger partial charge in [-0.25, -0.2) is 4.98 Å². The third kappa shape index (κ3) is 5.10. The van der Waals surface area contributed by atoms with Gasteiger partial charge in [0.1, 0.15) is 5.65 Å². The highest BCUT2D eigenvalue weighted by Gasteiger charge is 2.39. The Morgan fingerprint density at radius 2 is 1.89 bits per heavy atom. The van der Waals surface area contributed by atoms with Gasteiger partial charge in [0.2, 0.25) is 5.91 Å². The highest BCUT2D eigenvalue weighted by atomic mass is 19.4. The number of nitrogens with zero attached hydrogens (tertiary/aromatic N) is 4. The molecule has 2 fully saturated rings. The van der Waals surface area contributed by atoms with Crippen LogP contribution in [0.3, 0.4) is 0 Å². The van der Waals surface area contributed by atoms with E-state index in [-0.39, 0.29) is 39.5 Å². The maximum absolute atomic E-state index is 14.6. The first-order valence-electron chi connectivity index (χ1n) is 12.5. The summed E-state index contributed by atoms with van der Waals surface area (Å²) >= 11 is 0. The van der Waals surface area contributed by atoms with E-state index in [4.69, 9.17) is 5.26 Å². The van der Waals surface area contributed by atoms with Crippen LogP contribution in [0.2, 0.25) is 0 Å². The molecule has 9 heteroatoms. The average Bonchev–Trinajstić information content (AvgIpc) is 3.64. The average molecular weight is 509 g/mol. The molecule has 5 rings (SSSR count). The number of amides is 1. The molecule has 2 aliphatic rings. The van der Waals surface area contributed by atoms with Crippen LogP contribution in [-0.4, -0.2) is 39.2 Å². The van der Waals surface area contributed by atoms with Crippen LogP contribution in [0.5, 0.6) is 0 Å². The van der Waals surface area contributed by atoms with Gasteiger partial charge >= 0.3 is 6.18 Å². The molecule has 3 heterocycles. The van der Waals surface area contributed by atoms with Crippen LogP contribution in [-0.2, 0) is 24.4 Å². The summed E-state index contributed by atoms with van der Waals surface area (Å²) in [4.78, 5) is 31.6. The first-order chi connectivity index (χ1) is 17.7. The van der Waals surface area contributed by atoms with Crippen LogP contribution in [0.4, 0.5) is 13.2 Å². The predicted octanol–water partition coefficient (Wildman–Crippen LogP) is 5.40. The number of nitriles is 1. The van der Waals surface area contributed by atoms with Crippen LogP contribution >= 0.6 is 0 Å². The molecule has 3 aromatic rings.